The van der Waals surface area contributed by atoms with Gasteiger partial charge in [0.25, 0.3) is 0 Å². The molecule has 2 heterocycles. The quantitative estimate of drug-likeness (QED) is 0.638. The van der Waals surface area contributed by atoms with Crippen molar-refractivity contribution in [2.45, 2.75) is 20.3 Å². The van der Waals surface area contributed by atoms with Crippen LogP contribution in [0.5, 0.6) is 0 Å². The molecule has 3 heteroatoms. The molecule has 1 saturated heterocycles. The third-order valence-electron chi connectivity index (χ3n) is 3.03. The molecular formula is C10H15BrN2. The van der Waals surface area contributed by atoms with E-state index in [1.165, 1.54) is 10.3 Å². The lowest BCUT2D eigenvalue weighted by Crippen LogP contribution is -2.26. The average molecular weight is 243 g/mol. The van der Waals surface area contributed by atoms with E-state index in [9.17, 15) is 0 Å². The summed E-state index contributed by atoms with van der Waals surface area (Å²) in [5, 5.41) is 0. The summed E-state index contributed by atoms with van der Waals surface area (Å²) in [5.74, 6) is 1.85. The van der Waals surface area contributed by atoms with Gasteiger partial charge in [0.05, 0.1) is 0 Å². The van der Waals surface area contributed by atoms with Crippen LogP contribution in [0.15, 0.2) is 15.7 Å². The molecule has 1 fully saturated rings. The van der Waals surface area contributed by atoms with Crippen LogP contribution in [0.2, 0.25) is 0 Å². The Morgan fingerprint density at radius 2 is 2.31 bits per heavy atom. The van der Waals surface area contributed by atoms with Crippen molar-refractivity contribution in [2.24, 2.45) is 16.3 Å². The lowest BCUT2D eigenvalue weighted by Gasteiger charge is -2.26. The molecule has 13 heavy (non-hydrogen) atoms. The van der Waals surface area contributed by atoms with E-state index in [2.05, 4.69) is 46.7 Å². The van der Waals surface area contributed by atoms with Crippen molar-refractivity contribution in [3.05, 3.63) is 10.7 Å². The number of amidine groups is 1. The van der Waals surface area contributed by atoms with Gasteiger partial charge < -0.3 is 4.90 Å². The normalized spacial score (nSPS) is 31.1. The summed E-state index contributed by atoms with van der Waals surface area (Å²) in [7, 11) is 2.13. The van der Waals surface area contributed by atoms with Crippen LogP contribution < -0.4 is 0 Å². The fraction of sp³-hybridized carbons (Fsp3) is 0.700. The first-order valence-electron chi connectivity index (χ1n) is 4.64. The van der Waals surface area contributed by atoms with Crippen LogP contribution in [0, 0.1) is 11.3 Å². The number of likely N-dealkylation sites (tertiary alicyclic amines) is 1. The van der Waals surface area contributed by atoms with Crippen molar-refractivity contribution in [3.63, 3.8) is 0 Å². The number of fused-ring (bicyclic) bond motifs is 1. The molecule has 0 radical (unpaired) electrons. The number of hydrogen-bond donors (Lipinski definition) is 0. The Morgan fingerprint density at radius 3 is 3.00 bits per heavy atom. The van der Waals surface area contributed by atoms with Crippen molar-refractivity contribution in [1.29, 1.82) is 0 Å². The standard InChI is InChI=1S/C10H15BrN2/c1-10(2)6-13(3)9-8(10)4-7(11)5-12-9/h5,8H,4,6H2,1-3H3. The van der Waals surface area contributed by atoms with Gasteiger partial charge >= 0.3 is 0 Å². The van der Waals surface area contributed by atoms with Gasteiger partial charge in [-0.05, 0) is 11.8 Å². The number of rotatable bonds is 0. The van der Waals surface area contributed by atoms with Gasteiger partial charge in [0, 0.05) is 30.2 Å². The number of halogens is 1. The van der Waals surface area contributed by atoms with Crippen LogP contribution in [0.25, 0.3) is 0 Å². The number of nitrogens with zero attached hydrogens (tertiary/aromatic N) is 2. The second-order valence-corrected chi connectivity index (χ2v) is 5.68. The fourth-order valence-electron chi connectivity index (χ4n) is 2.36. The van der Waals surface area contributed by atoms with E-state index in [-0.39, 0.29) is 0 Å². The molecule has 0 saturated carbocycles. The van der Waals surface area contributed by atoms with Crippen LogP contribution in [0.1, 0.15) is 20.3 Å². The van der Waals surface area contributed by atoms with Gasteiger partial charge in [0.2, 0.25) is 0 Å². The first-order chi connectivity index (χ1) is 6.00. The van der Waals surface area contributed by atoms with E-state index in [1.807, 2.05) is 6.20 Å². The van der Waals surface area contributed by atoms with Crippen molar-refractivity contribution in [1.82, 2.24) is 4.90 Å². The Hall–Kier alpha value is -0.310. The van der Waals surface area contributed by atoms with Crippen molar-refractivity contribution in [2.75, 3.05) is 13.6 Å². The highest BCUT2D eigenvalue weighted by atomic mass is 79.9. The van der Waals surface area contributed by atoms with Gasteiger partial charge in [-0.2, -0.15) is 0 Å². The lowest BCUT2D eigenvalue weighted by molar-refractivity contribution is 0.286. The third-order valence-corrected chi connectivity index (χ3v) is 3.56. The SMILES string of the molecule is CN1CC(C)(C)C2CC(Br)=CN=C21. The smallest absolute Gasteiger partial charge is 0.108 e. The fourth-order valence-corrected chi connectivity index (χ4v) is 2.78. The van der Waals surface area contributed by atoms with E-state index < -0.39 is 0 Å². The van der Waals surface area contributed by atoms with Crippen LogP contribution in [-0.4, -0.2) is 24.3 Å². The number of hydrogen-bond acceptors (Lipinski definition) is 2. The first kappa shape index (κ1) is 9.25. The van der Waals surface area contributed by atoms with Gasteiger partial charge in [-0.1, -0.05) is 29.8 Å². The molecule has 0 aliphatic carbocycles. The van der Waals surface area contributed by atoms with E-state index in [0.717, 1.165) is 13.0 Å². The second kappa shape index (κ2) is 2.84. The molecule has 2 aliphatic rings. The molecule has 0 bridgehead atoms. The summed E-state index contributed by atoms with van der Waals surface area (Å²) in [5.41, 5.74) is 0.362. The highest BCUT2D eigenvalue weighted by molar-refractivity contribution is 9.11. The molecule has 72 valence electrons. The molecule has 0 aromatic heterocycles. The molecule has 1 atom stereocenters. The van der Waals surface area contributed by atoms with Gasteiger partial charge in [-0.3, -0.25) is 0 Å². The van der Waals surface area contributed by atoms with E-state index in [4.69, 9.17) is 0 Å². The molecule has 2 rings (SSSR count). The van der Waals surface area contributed by atoms with E-state index in [1.54, 1.807) is 0 Å². The summed E-state index contributed by atoms with van der Waals surface area (Å²) in [6, 6.07) is 0. The molecule has 2 nitrogen and oxygen atoms in total. The lowest BCUT2D eigenvalue weighted by atomic mass is 9.79. The molecule has 0 N–H and O–H groups in total. The Kier molecular flexibility index (Phi) is 2.02. The number of aliphatic imine (C=N–C) groups is 1. The Labute approximate surface area is 87.8 Å². The van der Waals surface area contributed by atoms with Gasteiger partial charge in [-0.15, -0.1) is 0 Å². The minimum absolute atomic E-state index is 0.362. The third kappa shape index (κ3) is 1.43. The van der Waals surface area contributed by atoms with Crippen molar-refractivity contribution in [3.8, 4) is 0 Å². The number of allylic oxidation sites excluding steroid dienone is 1. The topological polar surface area (TPSA) is 15.6 Å². The zero-order chi connectivity index (χ0) is 9.64. The van der Waals surface area contributed by atoms with E-state index in [0.29, 0.717) is 11.3 Å². The first-order valence-corrected chi connectivity index (χ1v) is 5.43. The molecule has 0 spiro atoms. The van der Waals surface area contributed by atoms with Crippen LogP contribution in [0.4, 0.5) is 0 Å². The second-order valence-electron chi connectivity index (χ2n) is 4.66. The molecule has 0 amide bonds. The highest BCUT2D eigenvalue weighted by Crippen LogP contribution is 2.42. The predicted molar refractivity (Wildman–Crippen MR) is 59.0 cm³/mol. The minimum Gasteiger partial charge on any atom is -0.362 e. The average Bonchev–Trinajstić information content (AvgIpc) is 2.23. The largest absolute Gasteiger partial charge is 0.362 e. The van der Waals surface area contributed by atoms with Crippen LogP contribution >= 0.6 is 15.9 Å². The Morgan fingerprint density at radius 1 is 1.62 bits per heavy atom. The monoisotopic (exact) mass is 242 g/mol. The maximum Gasteiger partial charge on any atom is 0.108 e. The van der Waals surface area contributed by atoms with Gasteiger partial charge in [-0.25, -0.2) is 4.99 Å². The van der Waals surface area contributed by atoms with Crippen LogP contribution in [0.3, 0.4) is 0 Å². The Bertz CT molecular complexity index is 291. The van der Waals surface area contributed by atoms with Gasteiger partial charge in [0.15, 0.2) is 0 Å². The van der Waals surface area contributed by atoms with Gasteiger partial charge in [0.1, 0.15) is 5.84 Å². The Balaban J connectivity index is 2.35. The van der Waals surface area contributed by atoms with Crippen molar-refractivity contribution >= 4 is 21.8 Å². The summed E-state index contributed by atoms with van der Waals surface area (Å²) >= 11 is 3.53. The predicted octanol–water partition coefficient (Wildman–Crippen LogP) is 2.61. The maximum atomic E-state index is 4.48. The summed E-state index contributed by atoms with van der Waals surface area (Å²) in [4.78, 5) is 6.76. The summed E-state index contributed by atoms with van der Waals surface area (Å²) < 4.78 is 1.23. The minimum atomic E-state index is 0.362. The zero-order valence-corrected chi connectivity index (χ0v) is 9.93. The molecule has 0 aromatic rings. The van der Waals surface area contributed by atoms with Crippen LogP contribution in [-0.2, 0) is 0 Å². The molecule has 2 aliphatic heterocycles. The zero-order valence-electron chi connectivity index (χ0n) is 8.34. The van der Waals surface area contributed by atoms with E-state index >= 15 is 0 Å². The highest BCUT2D eigenvalue weighted by Gasteiger charge is 2.43. The summed E-state index contributed by atoms with van der Waals surface area (Å²) in [6.45, 7) is 5.76. The summed E-state index contributed by atoms with van der Waals surface area (Å²) in [6.07, 6.45) is 3.04. The molecule has 0 aromatic carbocycles. The molecular weight excluding hydrogens is 228 g/mol. The molecule has 1 unspecified atom stereocenters. The van der Waals surface area contributed by atoms with Crippen molar-refractivity contribution < 1.29 is 0 Å². The maximum absolute atomic E-state index is 4.48.